The second kappa shape index (κ2) is 9.91. The summed E-state index contributed by atoms with van der Waals surface area (Å²) in [5.41, 5.74) is 1.11. The number of non-ortho nitro benzene ring substituents is 1. The third-order valence-electron chi connectivity index (χ3n) is 3.79. The van der Waals surface area contributed by atoms with Crippen molar-refractivity contribution in [1.29, 1.82) is 0 Å². The fourth-order valence-electron chi connectivity index (χ4n) is 2.28. The average molecular weight is 388 g/mol. The van der Waals surface area contributed by atoms with E-state index in [1.165, 1.54) is 36.2 Å². The molecule has 1 N–H and O–H groups in total. The fraction of sp³-hybridized carbons (Fsp3) is 0.263. The molecule has 0 aliphatic carbocycles. The molecule has 28 heavy (non-hydrogen) atoms. The summed E-state index contributed by atoms with van der Waals surface area (Å²) in [5.74, 6) is -0.316. The van der Waals surface area contributed by atoms with Gasteiger partial charge in [-0.15, -0.1) is 0 Å². The Morgan fingerprint density at radius 1 is 1.18 bits per heavy atom. The Hall–Kier alpha value is -3.62. The van der Waals surface area contributed by atoms with Crippen LogP contribution in [0.2, 0.25) is 0 Å². The summed E-state index contributed by atoms with van der Waals surface area (Å²) in [7, 11) is 1.51. The van der Waals surface area contributed by atoms with Gasteiger partial charge in [0.2, 0.25) is 0 Å². The number of carbonyl (C=O) groups is 2. The molecular formula is C19H20N2O7. The summed E-state index contributed by atoms with van der Waals surface area (Å²) < 4.78 is 10.7. The summed E-state index contributed by atoms with van der Waals surface area (Å²) in [6.45, 7) is 0.293. The molecule has 0 saturated carbocycles. The molecule has 0 atom stereocenters. The number of ether oxygens (including phenoxy) is 2. The molecule has 0 radical (unpaired) electrons. The van der Waals surface area contributed by atoms with Gasteiger partial charge >= 0.3 is 12.1 Å². The summed E-state index contributed by atoms with van der Waals surface area (Å²) in [4.78, 5) is 34.1. The number of rotatable bonds is 9. The second-order valence-corrected chi connectivity index (χ2v) is 5.88. The Labute approximate surface area is 161 Å². The lowest BCUT2D eigenvalue weighted by molar-refractivity contribution is -0.384. The van der Waals surface area contributed by atoms with Crippen LogP contribution in [-0.4, -0.2) is 35.7 Å². The maximum atomic E-state index is 12.2. The summed E-state index contributed by atoms with van der Waals surface area (Å²) in [6.07, 6.45) is -0.178. The number of nitro groups is 1. The lowest BCUT2D eigenvalue weighted by Gasteiger charge is -2.17. The number of nitrogens with zero attached hydrogens (tertiary/aromatic N) is 2. The van der Waals surface area contributed by atoms with Crippen molar-refractivity contribution >= 4 is 23.4 Å². The van der Waals surface area contributed by atoms with Crippen LogP contribution >= 0.6 is 0 Å². The Bertz CT molecular complexity index is 836. The number of carboxylic acid groups (broad SMARTS) is 1. The van der Waals surface area contributed by atoms with Crippen molar-refractivity contribution in [2.45, 2.75) is 19.4 Å². The normalized spacial score (nSPS) is 10.2. The molecule has 0 aliphatic heterocycles. The lowest BCUT2D eigenvalue weighted by Crippen LogP contribution is -2.26. The quantitative estimate of drug-likeness (QED) is 0.396. The Kier molecular flexibility index (Phi) is 7.32. The van der Waals surface area contributed by atoms with Gasteiger partial charge in [-0.05, 0) is 36.2 Å². The van der Waals surface area contributed by atoms with Crippen LogP contribution in [0.15, 0.2) is 48.5 Å². The summed E-state index contributed by atoms with van der Waals surface area (Å²) >= 11 is 0. The van der Waals surface area contributed by atoms with Crippen molar-refractivity contribution in [3.8, 4) is 5.75 Å². The fourth-order valence-corrected chi connectivity index (χ4v) is 2.28. The van der Waals surface area contributed by atoms with E-state index in [-0.39, 0.29) is 25.3 Å². The van der Waals surface area contributed by atoms with Crippen molar-refractivity contribution < 1.29 is 29.1 Å². The zero-order chi connectivity index (χ0) is 20.5. The highest BCUT2D eigenvalue weighted by Crippen LogP contribution is 2.20. The first-order chi connectivity index (χ1) is 13.4. The molecular weight excluding hydrogens is 368 g/mol. The van der Waals surface area contributed by atoms with Gasteiger partial charge in [0.1, 0.15) is 12.4 Å². The second-order valence-electron chi connectivity index (χ2n) is 5.88. The summed E-state index contributed by atoms with van der Waals surface area (Å²) in [6, 6.07) is 12.5. The van der Waals surface area contributed by atoms with Crippen molar-refractivity contribution in [2.24, 2.45) is 0 Å². The highest BCUT2D eigenvalue weighted by Gasteiger charge is 2.14. The molecule has 9 heteroatoms. The monoisotopic (exact) mass is 388 g/mol. The molecule has 2 aromatic carbocycles. The van der Waals surface area contributed by atoms with Crippen LogP contribution in [0.1, 0.15) is 18.4 Å². The first-order valence-electron chi connectivity index (χ1n) is 8.45. The highest BCUT2D eigenvalue weighted by molar-refractivity contribution is 5.87. The highest BCUT2D eigenvalue weighted by atomic mass is 16.6. The van der Waals surface area contributed by atoms with E-state index in [1.807, 2.05) is 0 Å². The zero-order valence-corrected chi connectivity index (χ0v) is 15.2. The predicted octanol–water partition coefficient (Wildman–Crippen LogP) is 3.61. The molecule has 0 bridgehead atoms. The topological polar surface area (TPSA) is 119 Å². The van der Waals surface area contributed by atoms with Crippen LogP contribution in [0, 0.1) is 10.1 Å². The molecule has 0 saturated heterocycles. The van der Waals surface area contributed by atoms with Crippen molar-refractivity contribution in [3.05, 3.63) is 64.2 Å². The van der Waals surface area contributed by atoms with E-state index in [0.29, 0.717) is 23.4 Å². The molecule has 0 unspecified atom stereocenters. The number of carbonyl (C=O) groups excluding carboxylic acids is 1. The molecule has 0 spiro atoms. The van der Waals surface area contributed by atoms with Gasteiger partial charge in [-0.3, -0.25) is 19.8 Å². The summed E-state index contributed by atoms with van der Waals surface area (Å²) in [5, 5.41) is 19.3. The molecule has 148 valence electrons. The van der Waals surface area contributed by atoms with Gasteiger partial charge in [0.05, 0.1) is 11.5 Å². The van der Waals surface area contributed by atoms with E-state index in [4.69, 9.17) is 14.6 Å². The van der Waals surface area contributed by atoms with Crippen LogP contribution in [0.25, 0.3) is 0 Å². The molecule has 0 fully saturated rings. The third-order valence-corrected chi connectivity index (χ3v) is 3.79. The van der Waals surface area contributed by atoms with Gasteiger partial charge in [-0.2, -0.15) is 0 Å². The Morgan fingerprint density at radius 2 is 1.89 bits per heavy atom. The number of anilines is 1. The molecule has 2 aromatic rings. The van der Waals surface area contributed by atoms with E-state index in [0.717, 1.165) is 0 Å². The zero-order valence-electron chi connectivity index (χ0n) is 15.2. The van der Waals surface area contributed by atoms with E-state index in [1.54, 1.807) is 24.3 Å². The minimum absolute atomic E-state index is 0.0163. The van der Waals surface area contributed by atoms with Gasteiger partial charge in [0, 0.05) is 31.3 Å². The molecule has 0 aliphatic rings. The number of aliphatic carboxylic acids is 1. The van der Waals surface area contributed by atoms with Gasteiger partial charge in [-0.1, -0.05) is 12.1 Å². The van der Waals surface area contributed by atoms with Crippen molar-refractivity contribution in [2.75, 3.05) is 18.6 Å². The van der Waals surface area contributed by atoms with Crippen LogP contribution in [0.3, 0.4) is 0 Å². The predicted molar refractivity (Wildman–Crippen MR) is 100 cm³/mol. The van der Waals surface area contributed by atoms with E-state index in [2.05, 4.69) is 0 Å². The van der Waals surface area contributed by atoms with E-state index >= 15 is 0 Å². The van der Waals surface area contributed by atoms with Crippen molar-refractivity contribution in [3.63, 3.8) is 0 Å². The number of hydrogen-bond donors (Lipinski definition) is 1. The van der Waals surface area contributed by atoms with Crippen molar-refractivity contribution in [1.82, 2.24) is 0 Å². The lowest BCUT2D eigenvalue weighted by atomic mass is 10.2. The molecule has 9 nitrogen and oxygen atoms in total. The van der Waals surface area contributed by atoms with Crippen LogP contribution < -0.4 is 9.64 Å². The Morgan fingerprint density at radius 3 is 2.54 bits per heavy atom. The molecule has 0 heterocycles. The Balaban J connectivity index is 1.86. The number of hydrogen-bond acceptors (Lipinski definition) is 6. The molecule has 2 rings (SSSR count). The SMILES string of the molecule is CN(C(=O)OCc1cccc(OCCCC(=O)O)c1)c1ccc([N+](=O)[O-])cc1. The number of amides is 1. The van der Waals surface area contributed by atoms with E-state index < -0.39 is 17.0 Å². The van der Waals surface area contributed by atoms with Crippen LogP contribution in [-0.2, 0) is 16.1 Å². The first kappa shape index (κ1) is 20.7. The van der Waals surface area contributed by atoms with Gasteiger partial charge in [0.25, 0.3) is 5.69 Å². The maximum absolute atomic E-state index is 12.2. The minimum atomic E-state index is -0.874. The van der Waals surface area contributed by atoms with Crippen LogP contribution in [0.5, 0.6) is 5.75 Å². The van der Waals surface area contributed by atoms with Gasteiger partial charge in [-0.25, -0.2) is 4.79 Å². The standard InChI is InChI=1S/C19H20N2O7/c1-20(15-7-9-16(10-8-15)21(25)26)19(24)28-13-14-4-2-5-17(12-14)27-11-3-6-18(22)23/h2,4-5,7-10,12H,3,6,11,13H2,1H3,(H,22,23). The maximum Gasteiger partial charge on any atom is 0.414 e. The average Bonchev–Trinajstić information content (AvgIpc) is 2.69. The molecule has 1 amide bonds. The first-order valence-corrected chi connectivity index (χ1v) is 8.45. The third kappa shape index (κ3) is 6.27. The van der Waals surface area contributed by atoms with E-state index in [9.17, 15) is 19.7 Å². The number of carboxylic acids is 1. The number of nitro benzene ring substituents is 1. The van der Waals surface area contributed by atoms with Gasteiger partial charge < -0.3 is 14.6 Å². The number of benzene rings is 2. The molecule has 0 aromatic heterocycles. The smallest absolute Gasteiger partial charge is 0.414 e. The largest absolute Gasteiger partial charge is 0.494 e. The van der Waals surface area contributed by atoms with Crippen LogP contribution in [0.4, 0.5) is 16.2 Å². The minimum Gasteiger partial charge on any atom is -0.494 e. The van der Waals surface area contributed by atoms with Gasteiger partial charge in [0.15, 0.2) is 0 Å².